The lowest BCUT2D eigenvalue weighted by molar-refractivity contribution is -0.757. The van der Waals surface area contributed by atoms with Gasteiger partial charge in [0.2, 0.25) is 5.91 Å². The minimum atomic E-state index is -5.26. The number of benzene rings is 1. The first kappa shape index (κ1) is 21.7. The number of amides is 1. The molecule has 0 bridgehead atoms. The zero-order valence-electron chi connectivity index (χ0n) is 13.8. The van der Waals surface area contributed by atoms with Gasteiger partial charge in [0, 0.05) is 12.5 Å². The van der Waals surface area contributed by atoms with Crippen LogP contribution in [0.2, 0.25) is 0 Å². The molecule has 0 spiro atoms. The minimum absolute atomic E-state index is 0.122. The number of quaternary nitrogens is 1. The number of esters is 1. The summed E-state index contributed by atoms with van der Waals surface area (Å²) >= 11 is 0. The van der Waals surface area contributed by atoms with Gasteiger partial charge in [-0.25, -0.2) is 4.79 Å². The monoisotopic (exact) mass is 387 g/mol. The molecule has 3 N–H and O–H groups in total. The molecule has 146 valence electrons. The van der Waals surface area contributed by atoms with Crippen LogP contribution in [-0.4, -0.2) is 30.3 Å². The quantitative estimate of drug-likeness (QED) is 0.444. The lowest BCUT2D eigenvalue weighted by Gasteiger charge is -2.31. The third-order valence-corrected chi connectivity index (χ3v) is 3.32. The van der Waals surface area contributed by atoms with E-state index < -0.39 is 42.0 Å². The van der Waals surface area contributed by atoms with Crippen molar-refractivity contribution in [3.63, 3.8) is 0 Å². The van der Waals surface area contributed by atoms with Crippen molar-refractivity contribution >= 4 is 11.9 Å². The first-order chi connectivity index (χ1) is 11.8. The van der Waals surface area contributed by atoms with E-state index in [9.17, 15) is 35.9 Å². The van der Waals surface area contributed by atoms with Crippen molar-refractivity contribution in [3.8, 4) is 0 Å². The number of nitrogens with two attached hydrogens (primary N) is 1. The van der Waals surface area contributed by atoms with Crippen LogP contribution in [0.25, 0.3) is 0 Å². The molecule has 26 heavy (non-hydrogen) atoms. The number of ether oxygens (including phenoxy) is 1. The van der Waals surface area contributed by atoms with Crippen LogP contribution in [0.15, 0.2) is 24.3 Å². The van der Waals surface area contributed by atoms with E-state index in [0.717, 1.165) is 19.1 Å². The summed E-state index contributed by atoms with van der Waals surface area (Å²) in [4.78, 5) is 23.2. The van der Waals surface area contributed by atoms with Gasteiger partial charge in [0.15, 0.2) is 0 Å². The van der Waals surface area contributed by atoms with Gasteiger partial charge in [-0.2, -0.15) is 26.3 Å². The second-order valence-electron chi connectivity index (χ2n) is 5.31. The minimum Gasteiger partial charge on any atom is -0.460 e. The van der Waals surface area contributed by atoms with Crippen LogP contribution in [-0.2, 0) is 27.0 Å². The van der Waals surface area contributed by atoms with Crippen molar-refractivity contribution in [3.05, 3.63) is 35.4 Å². The summed E-state index contributed by atoms with van der Waals surface area (Å²) in [6, 6.07) is 3.63. The molecule has 0 heterocycles. The highest BCUT2D eigenvalue weighted by atomic mass is 19.4. The largest absolute Gasteiger partial charge is 0.478 e. The van der Waals surface area contributed by atoms with E-state index in [0.29, 0.717) is 11.4 Å². The number of rotatable bonds is 6. The average Bonchev–Trinajstić information content (AvgIpc) is 2.49. The highest BCUT2D eigenvalue weighted by molar-refractivity contribution is 5.86. The number of hydrogen-bond donors (Lipinski definition) is 2. The zero-order chi connectivity index (χ0) is 20.2. The number of carbonyl (C=O) groups is 2. The Bertz CT molecular complexity index is 660. The highest BCUT2D eigenvalue weighted by Gasteiger charge is 2.67. The molecule has 0 aliphatic carbocycles. The number of halogens is 6. The van der Waals surface area contributed by atoms with Crippen LogP contribution in [0, 0.1) is 0 Å². The molecule has 0 saturated heterocycles. The predicted octanol–water partition coefficient (Wildman–Crippen LogP) is 1.73. The van der Waals surface area contributed by atoms with Gasteiger partial charge in [0.25, 0.3) is 0 Å². The molecule has 1 rings (SSSR count). The number of hydrogen-bond acceptors (Lipinski definition) is 3. The van der Waals surface area contributed by atoms with Crippen LogP contribution < -0.4 is 10.6 Å². The second-order valence-corrected chi connectivity index (χ2v) is 5.31. The maximum atomic E-state index is 13.6. The first-order valence-electron chi connectivity index (χ1n) is 7.36. The molecule has 0 aliphatic rings. The molecule has 0 saturated carbocycles. The Morgan fingerprint density at radius 1 is 1.15 bits per heavy atom. The smallest absolute Gasteiger partial charge is 0.460 e. The highest BCUT2D eigenvalue weighted by Crippen LogP contribution is 2.30. The van der Waals surface area contributed by atoms with E-state index >= 15 is 0 Å². The lowest BCUT2D eigenvalue weighted by Crippen LogP contribution is -3.06. The molecular formula is C15H17F6N2O3+. The third-order valence-electron chi connectivity index (χ3n) is 3.32. The molecule has 1 aromatic carbocycles. The van der Waals surface area contributed by atoms with E-state index in [1.165, 1.54) is 18.3 Å². The summed E-state index contributed by atoms with van der Waals surface area (Å²) < 4.78 is 83.2. The van der Waals surface area contributed by atoms with Crippen molar-refractivity contribution < 1.29 is 46.0 Å². The SMILES string of the molecule is CCOC(=O)[C@](NC(C)=O)([NH2+]Cc1cccc(C(F)(F)F)c1)C(F)(F)F. The van der Waals surface area contributed by atoms with Crippen LogP contribution in [0.4, 0.5) is 26.3 Å². The van der Waals surface area contributed by atoms with Crippen LogP contribution in [0.5, 0.6) is 0 Å². The molecule has 5 nitrogen and oxygen atoms in total. The average molecular weight is 387 g/mol. The van der Waals surface area contributed by atoms with Gasteiger partial charge >= 0.3 is 24.0 Å². The molecule has 0 aromatic heterocycles. The molecule has 1 aromatic rings. The number of carbonyl (C=O) groups excluding carboxylic acids is 2. The third kappa shape index (κ3) is 5.10. The van der Waals surface area contributed by atoms with E-state index in [4.69, 9.17) is 0 Å². The van der Waals surface area contributed by atoms with Crippen molar-refractivity contribution in [2.45, 2.75) is 38.4 Å². The summed E-state index contributed by atoms with van der Waals surface area (Å²) in [5.41, 5.74) is -4.64. The fraction of sp³-hybridized carbons (Fsp3) is 0.467. The van der Waals surface area contributed by atoms with E-state index in [1.54, 1.807) is 0 Å². The van der Waals surface area contributed by atoms with E-state index in [1.807, 2.05) is 0 Å². The second kappa shape index (κ2) is 7.94. The van der Waals surface area contributed by atoms with Crippen LogP contribution in [0.3, 0.4) is 0 Å². The van der Waals surface area contributed by atoms with E-state index in [2.05, 4.69) is 4.74 Å². The number of alkyl halides is 6. The number of nitrogens with one attached hydrogen (secondary N) is 1. The van der Waals surface area contributed by atoms with Crippen molar-refractivity contribution in [1.82, 2.24) is 5.32 Å². The Kier molecular flexibility index (Phi) is 6.64. The summed E-state index contributed by atoms with van der Waals surface area (Å²) in [6.07, 6.45) is -9.93. The maximum absolute atomic E-state index is 13.6. The molecule has 0 fully saturated rings. The topological polar surface area (TPSA) is 72.0 Å². The fourth-order valence-electron chi connectivity index (χ4n) is 2.16. The Balaban J connectivity index is 3.21. The van der Waals surface area contributed by atoms with Gasteiger partial charge in [-0.15, -0.1) is 0 Å². The van der Waals surface area contributed by atoms with Gasteiger partial charge in [-0.05, 0) is 19.1 Å². The van der Waals surface area contributed by atoms with Gasteiger partial charge in [-0.3, -0.25) is 10.1 Å². The Morgan fingerprint density at radius 3 is 2.23 bits per heavy atom. The van der Waals surface area contributed by atoms with Crippen molar-refractivity contribution in [2.24, 2.45) is 0 Å². The van der Waals surface area contributed by atoms with Crippen LogP contribution >= 0.6 is 0 Å². The molecule has 0 unspecified atom stereocenters. The Morgan fingerprint density at radius 2 is 1.77 bits per heavy atom. The van der Waals surface area contributed by atoms with Gasteiger partial charge < -0.3 is 10.1 Å². The summed E-state index contributed by atoms with van der Waals surface area (Å²) in [7, 11) is 0. The predicted molar refractivity (Wildman–Crippen MR) is 76.3 cm³/mol. The molecule has 11 heteroatoms. The summed E-state index contributed by atoms with van der Waals surface area (Å²) in [5, 5.41) is 1.91. The van der Waals surface area contributed by atoms with Crippen LogP contribution in [0.1, 0.15) is 25.0 Å². The van der Waals surface area contributed by atoms with Crippen molar-refractivity contribution in [1.29, 1.82) is 0 Å². The Labute approximate surface area is 144 Å². The molecular weight excluding hydrogens is 370 g/mol. The normalized spacial score (nSPS) is 14.5. The Hall–Kier alpha value is -2.30. The van der Waals surface area contributed by atoms with Gasteiger partial charge in [-0.1, -0.05) is 12.1 Å². The zero-order valence-corrected chi connectivity index (χ0v) is 13.8. The fourth-order valence-corrected chi connectivity index (χ4v) is 2.16. The maximum Gasteiger partial charge on any atom is 0.478 e. The van der Waals surface area contributed by atoms with Gasteiger partial charge in [0.05, 0.1) is 12.2 Å². The molecule has 0 radical (unpaired) electrons. The standard InChI is InChI=1S/C15H16F6N2O3/c1-3-26-12(25)13(15(19,20)21,23-9(2)24)22-8-10-5-4-6-11(7-10)14(16,17)18/h4-7,22H,3,8H2,1-2H3,(H,23,24)/p+1/t13-/m1/s1. The lowest BCUT2D eigenvalue weighted by atomic mass is 10.1. The molecule has 1 atom stereocenters. The summed E-state index contributed by atoms with van der Waals surface area (Å²) in [5.74, 6) is -2.93. The van der Waals surface area contributed by atoms with Gasteiger partial charge in [0.1, 0.15) is 6.54 Å². The molecule has 0 aliphatic heterocycles. The first-order valence-corrected chi connectivity index (χ1v) is 7.36. The summed E-state index contributed by atoms with van der Waals surface area (Å²) in [6.45, 7) is 1.01. The van der Waals surface area contributed by atoms with Crippen molar-refractivity contribution in [2.75, 3.05) is 6.61 Å². The molecule has 1 amide bonds. The van der Waals surface area contributed by atoms with E-state index in [-0.39, 0.29) is 12.2 Å².